The molecule has 0 bridgehead atoms. The highest BCUT2D eigenvalue weighted by Gasteiger charge is 2.14. The van der Waals surface area contributed by atoms with Crippen LogP contribution in [0.1, 0.15) is 16.7 Å². The number of anilines is 1. The summed E-state index contributed by atoms with van der Waals surface area (Å²) < 4.78 is 6.86. The average Bonchev–Trinajstić information content (AvgIpc) is 2.80. The smallest absolute Gasteiger partial charge is 0.254 e. The standard InChI is InChI=1S/C27H25ClN2O3/c1-18-6-8-19(9-7-18)10-11-21-14-20-12-13-24(33-2)16-25(20)30(27(21)32)17-26(31)29-23-5-3-4-22(28)15-23/h3-9,12-16H,10-11,17H2,1-2H3,(H,29,31). The van der Waals surface area contributed by atoms with Crippen LogP contribution in [0.5, 0.6) is 5.75 Å². The molecule has 0 saturated heterocycles. The van der Waals surface area contributed by atoms with Gasteiger partial charge in [-0.3, -0.25) is 14.2 Å². The van der Waals surface area contributed by atoms with Crippen molar-refractivity contribution in [3.63, 3.8) is 0 Å². The summed E-state index contributed by atoms with van der Waals surface area (Å²) >= 11 is 6.02. The van der Waals surface area contributed by atoms with Gasteiger partial charge in [0.1, 0.15) is 12.3 Å². The highest BCUT2D eigenvalue weighted by atomic mass is 35.5. The zero-order chi connectivity index (χ0) is 23.4. The molecule has 33 heavy (non-hydrogen) atoms. The molecule has 0 aliphatic rings. The van der Waals surface area contributed by atoms with Crippen LogP contribution in [0.4, 0.5) is 5.69 Å². The van der Waals surface area contributed by atoms with E-state index in [1.54, 1.807) is 37.4 Å². The Kier molecular flexibility index (Phi) is 6.80. The number of aryl methyl sites for hydroxylation is 3. The highest BCUT2D eigenvalue weighted by molar-refractivity contribution is 6.30. The molecule has 1 aromatic heterocycles. The molecule has 1 amide bonds. The number of carbonyl (C=O) groups excluding carboxylic acids is 1. The minimum atomic E-state index is -0.306. The van der Waals surface area contributed by atoms with E-state index in [4.69, 9.17) is 16.3 Å². The lowest BCUT2D eigenvalue weighted by molar-refractivity contribution is -0.116. The molecule has 1 N–H and O–H groups in total. The molecule has 5 nitrogen and oxygen atoms in total. The average molecular weight is 461 g/mol. The summed E-state index contributed by atoms with van der Waals surface area (Å²) in [6, 6.07) is 22.7. The molecule has 0 radical (unpaired) electrons. The lowest BCUT2D eigenvalue weighted by Crippen LogP contribution is -2.30. The van der Waals surface area contributed by atoms with Crippen LogP contribution in [0.25, 0.3) is 10.9 Å². The molecule has 168 valence electrons. The monoisotopic (exact) mass is 460 g/mol. The minimum Gasteiger partial charge on any atom is -0.497 e. The van der Waals surface area contributed by atoms with Crippen LogP contribution in [0.15, 0.2) is 77.6 Å². The van der Waals surface area contributed by atoms with Gasteiger partial charge in [-0.25, -0.2) is 0 Å². The van der Waals surface area contributed by atoms with Crippen LogP contribution in [-0.4, -0.2) is 17.6 Å². The SMILES string of the molecule is COc1ccc2cc(CCc3ccc(C)cc3)c(=O)n(CC(=O)Nc3cccc(Cl)c3)c2c1. The van der Waals surface area contributed by atoms with Crippen LogP contribution >= 0.6 is 11.6 Å². The Labute approximate surface area is 197 Å². The van der Waals surface area contributed by atoms with Gasteiger partial charge in [-0.2, -0.15) is 0 Å². The number of benzene rings is 3. The number of rotatable bonds is 7. The predicted molar refractivity (Wildman–Crippen MR) is 133 cm³/mol. The van der Waals surface area contributed by atoms with Crippen LogP contribution in [0, 0.1) is 6.92 Å². The van der Waals surface area contributed by atoms with E-state index in [0.29, 0.717) is 34.0 Å². The Hall–Kier alpha value is -3.57. The molecule has 0 fully saturated rings. The van der Waals surface area contributed by atoms with Crippen molar-refractivity contribution in [1.29, 1.82) is 0 Å². The summed E-state index contributed by atoms with van der Waals surface area (Å²) in [7, 11) is 1.57. The molecular weight excluding hydrogens is 436 g/mol. The van der Waals surface area contributed by atoms with E-state index >= 15 is 0 Å². The summed E-state index contributed by atoms with van der Waals surface area (Å²) in [5.41, 5.74) is 4.09. The van der Waals surface area contributed by atoms with Crippen molar-refractivity contribution in [1.82, 2.24) is 4.57 Å². The first kappa shape index (κ1) is 22.6. The zero-order valence-corrected chi connectivity index (χ0v) is 19.4. The molecule has 6 heteroatoms. The fourth-order valence-corrected chi connectivity index (χ4v) is 4.01. The normalized spacial score (nSPS) is 10.9. The van der Waals surface area contributed by atoms with Crippen LogP contribution in [-0.2, 0) is 24.2 Å². The lowest BCUT2D eigenvalue weighted by atomic mass is 10.0. The van der Waals surface area contributed by atoms with Gasteiger partial charge in [0.2, 0.25) is 5.91 Å². The number of halogens is 1. The van der Waals surface area contributed by atoms with Crippen molar-refractivity contribution < 1.29 is 9.53 Å². The summed E-state index contributed by atoms with van der Waals surface area (Å²) in [5, 5.41) is 4.23. The third-order valence-electron chi connectivity index (χ3n) is 5.59. The van der Waals surface area contributed by atoms with Crippen LogP contribution in [0.2, 0.25) is 5.02 Å². The Morgan fingerprint density at radius 2 is 1.79 bits per heavy atom. The van der Waals surface area contributed by atoms with Gasteiger partial charge in [-0.15, -0.1) is 0 Å². The van der Waals surface area contributed by atoms with E-state index in [0.717, 1.165) is 11.8 Å². The minimum absolute atomic E-state index is 0.118. The second-order valence-corrected chi connectivity index (χ2v) is 8.47. The first-order valence-electron chi connectivity index (χ1n) is 10.7. The third-order valence-corrected chi connectivity index (χ3v) is 5.83. The number of hydrogen-bond donors (Lipinski definition) is 1. The van der Waals surface area contributed by atoms with E-state index in [9.17, 15) is 9.59 Å². The maximum absolute atomic E-state index is 13.4. The Morgan fingerprint density at radius 1 is 1.00 bits per heavy atom. The highest BCUT2D eigenvalue weighted by Crippen LogP contribution is 2.22. The molecular formula is C27H25ClN2O3. The van der Waals surface area contributed by atoms with Gasteiger partial charge in [0.15, 0.2) is 0 Å². The maximum Gasteiger partial charge on any atom is 0.254 e. The van der Waals surface area contributed by atoms with Gasteiger partial charge < -0.3 is 10.1 Å². The molecule has 0 aliphatic heterocycles. The first-order valence-corrected chi connectivity index (χ1v) is 11.1. The fourth-order valence-electron chi connectivity index (χ4n) is 3.82. The number of carbonyl (C=O) groups is 1. The maximum atomic E-state index is 13.4. The van der Waals surface area contributed by atoms with Crippen molar-refractivity contribution >= 4 is 34.1 Å². The molecule has 0 atom stereocenters. The van der Waals surface area contributed by atoms with Crippen molar-refractivity contribution in [3.05, 3.63) is 105 Å². The Morgan fingerprint density at radius 3 is 2.52 bits per heavy atom. The van der Waals surface area contributed by atoms with Crippen molar-refractivity contribution in [2.24, 2.45) is 0 Å². The second kappa shape index (κ2) is 9.92. The summed E-state index contributed by atoms with van der Waals surface area (Å²) in [6.45, 7) is 1.93. The molecule has 0 saturated carbocycles. The quantitative estimate of drug-likeness (QED) is 0.402. The molecule has 4 aromatic rings. The molecule has 0 spiro atoms. The Bertz CT molecular complexity index is 1360. The molecule has 0 unspecified atom stereocenters. The van der Waals surface area contributed by atoms with Gasteiger partial charge in [-0.1, -0.05) is 47.5 Å². The van der Waals surface area contributed by atoms with Crippen molar-refractivity contribution in [2.75, 3.05) is 12.4 Å². The van der Waals surface area contributed by atoms with Crippen LogP contribution in [0.3, 0.4) is 0 Å². The number of nitrogens with zero attached hydrogens (tertiary/aromatic N) is 1. The molecule has 4 rings (SSSR count). The van der Waals surface area contributed by atoms with E-state index in [1.807, 2.05) is 18.2 Å². The number of ether oxygens (including phenoxy) is 1. The van der Waals surface area contributed by atoms with E-state index in [2.05, 4.69) is 36.5 Å². The topological polar surface area (TPSA) is 60.3 Å². The fraction of sp³-hybridized carbons (Fsp3) is 0.185. The number of hydrogen-bond acceptors (Lipinski definition) is 3. The van der Waals surface area contributed by atoms with Gasteiger partial charge in [0.25, 0.3) is 5.56 Å². The number of aromatic nitrogens is 1. The number of pyridine rings is 1. The number of nitrogens with one attached hydrogen (secondary N) is 1. The van der Waals surface area contributed by atoms with E-state index < -0.39 is 0 Å². The summed E-state index contributed by atoms with van der Waals surface area (Å²) in [4.78, 5) is 26.2. The zero-order valence-electron chi connectivity index (χ0n) is 18.6. The van der Waals surface area contributed by atoms with E-state index in [1.165, 1.54) is 15.7 Å². The molecule has 0 aliphatic carbocycles. The number of amides is 1. The number of fused-ring (bicyclic) bond motifs is 1. The summed E-state index contributed by atoms with van der Waals surface area (Å²) in [5.74, 6) is 0.317. The van der Waals surface area contributed by atoms with Gasteiger partial charge in [0, 0.05) is 22.3 Å². The van der Waals surface area contributed by atoms with Gasteiger partial charge in [-0.05, 0) is 67.1 Å². The van der Waals surface area contributed by atoms with Gasteiger partial charge >= 0.3 is 0 Å². The third kappa shape index (κ3) is 5.44. The number of methoxy groups -OCH3 is 1. The lowest BCUT2D eigenvalue weighted by Gasteiger charge is -2.14. The van der Waals surface area contributed by atoms with Crippen LogP contribution < -0.4 is 15.6 Å². The van der Waals surface area contributed by atoms with Gasteiger partial charge in [0.05, 0.1) is 12.6 Å². The van der Waals surface area contributed by atoms with E-state index in [-0.39, 0.29) is 18.0 Å². The molecule has 3 aromatic carbocycles. The second-order valence-electron chi connectivity index (χ2n) is 8.03. The molecule has 1 heterocycles. The Balaban J connectivity index is 1.67. The van der Waals surface area contributed by atoms with Crippen molar-refractivity contribution in [3.8, 4) is 5.75 Å². The summed E-state index contributed by atoms with van der Waals surface area (Å²) in [6.07, 6.45) is 1.33. The largest absolute Gasteiger partial charge is 0.497 e. The predicted octanol–water partition coefficient (Wildman–Crippen LogP) is 5.40. The van der Waals surface area contributed by atoms with Crippen molar-refractivity contribution in [2.45, 2.75) is 26.3 Å². The first-order chi connectivity index (χ1) is 15.9.